The van der Waals surface area contributed by atoms with Crippen LogP contribution >= 0.6 is 0 Å². The Hall–Kier alpha value is -2.15. The molecule has 2 aromatic rings. The summed E-state index contributed by atoms with van der Waals surface area (Å²) in [7, 11) is -3.67. The molecule has 7 heteroatoms. The number of hydrogen-bond donors (Lipinski definition) is 2. The Morgan fingerprint density at radius 1 is 1.00 bits per heavy atom. The summed E-state index contributed by atoms with van der Waals surface area (Å²) < 4.78 is 27.5. The minimum absolute atomic E-state index is 0.215. The Labute approximate surface area is 142 Å². The van der Waals surface area contributed by atoms with E-state index in [1.54, 1.807) is 31.2 Å². The van der Waals surface area contributed by atoms with Crippen molar-refractivity contribution in [2.75, 3.05) is 10.0 Å². The first-order valence-corrected chi connectivity index (χ1v) is 9.63. The van der Waals surface area contributed by atoms with E-state index in [1.807, 2.05) is 13.0 Å². The molecule has 0 unspecified atom stereocenters. The molecule has 1 heterocycles. The molecule has 6 nitrogen and oxygen atoms in total. The van der Waals surface area contributed by atoms with Gasteiger partial charge in [0.25, 0.3) is 10.0 Å². The molecule has 2 N–H and O–H groups in total. The molecule has 1 saturated carbocycles. The number of anilines is 2. The average molecular weight is 346 g/mol. The lowest BCUT2D eigenvalue weighted by atomic mass is 10.2. The average Bonchev–Trinajstić information content (AvgIpc) is 3.01. The summed E-state index contributed by atoms with van der Waals surface area (Å²) in [5, 5.41) is 11.4. The fourth-order valence-corrected chi connectivity index (χ4v) is 4.26. The van der Waals surface area contributed by atoms with Gasteiger partial charge < -0.3 is 5.32 Å². The van der Waals surface area contributed by atoms with Crippen LogP contribution in [0.5, 0.6) is 0 Å². The third-order valence-corrected chi connectivity index (χ3v) is 5.75. The zero-order valence-corrected chi connectivity index (χ0v) is 14.7. The van der Waals surface area contributed by atoms with Crippen molar-refractivity contribution < 1.29 is 8.42 Å². The van der Waals surface area contributed by atoms with Gasteiger partial charge in [-0.3, -0.25) is 4.72 Å². The molecule has 24 heavy (non-hydrogen) atoms. The molecular formula is C17H22N4O2S. The summed E-state index contributed by atoms with van der Waals surface area (Å²) in [6.07, 6.45) is 4.75. The predicted molar refractivity (Wildman–Crippen MR) is 94.6 cm³/mol. The number of nitrogens with zero attached hydrogens (tertiary/aromatic N) is 2. The summed E-state index contributed by atoms with van der Waals surface area (Å²) >= 11 is 0. The second kappa shape index (κ2) is 6.76. The first-order valence-electron chi connectivity index (χ1n) is 8.14. The Morgan fingerprint density at radius 2 is 1.67 bits per heavy atom. The summed E-state index contributed by atoms with van der Waals surface area (Å²) in [5.74, 6) is 0.892. The summed E-state index contributed by atoms with van der Waals surface area (Å²) in [5.41, 5.74) is 1.73. The van der Waals surface area contributed by atoms with Crippen molar-refractivity contribution in [2.24, 2.45) is 0 Å². The van der Waals surface area contributed by atoms with Gasteiger partial charge in [-0.15, -0.1) is 10.2 Å². The van der Waals surface area contributed by atoms with Gasteiger partial charge in [-0.05, 0) is 50.5 Å². The van der Waals surface area contributed by atoms with E-state index < -0.39 is 10.0 Å². The molecule has 1 fully saturated rings. The first kappa shape index (κ1) is 16.7. The molecule has 128 valence electrons. The maximum atomic E-state index is 12.5. The fraction of sp³-hybridized carbons (Fsp3) is 0.412. The number of rotatable bonds is 5. The van der Waals surface area contributed by atoms with E-state index in [0.29, 0.717) is 17.4 Å². The van der Waals surface area contributed by atoms with Crippen molar-refractivity contribution in [3.63, 3.8) is 0 Å². The lowest BCUT2D eigenvalue weighted by Crippen LogP contribution is -2.17. The van der Waals surface area contributed by atoms with Crippen LogP contribution in [0.15, 0.2) is 35.2 Å². The molecule has 0 amide bonds. The third-order valence-electron chi connectivity index (χ3n) is 4.23. The SMILES string of the molecule is Cc1ccc(S(=O)(=O)Nc2ccc(NC3CCCC3)nn2)c(C)c1. The zero-order chi connectivity index (χ0) is 17.2. The van der Waals surface area contributed by atoms with E-state index in [9.17, 15) is 8.42 Å². The van der Waals surface area contributed by atoms with E-state index in [1.165, 1.54) is 12.8 Å². The van der Waals surface area contributed by atoms with Crippen molar-refractivity contribution in [1.29, 1.82) is 0 Å². The molecule has 0 aliphatic heterocycles. The van der Waals surface area contributed by atoms with Crippen molar-refractivity contribution in [1.82, 2.24) is 10.2 Å². The molecule has 1 aromatic carbocycles. The Kier molecular flexibility index (Phi) is 4.71. The second-order valence-electron chi connectivity index (χ2n) is 6.30. The highest BCUT2D eigenvalue weighted by Gasteiger charge is 2.18. The Morgan fingerprint density at radius 3 is 2.29 bits per heavy atom. The quantitative estimate of drug-likeness (QED) is 0.868. The summed E-state index contributed by atoms with van der Waals surface area (Å²) in [6, 6.07) is 9.06. The van der Waals surface area contributed by atoms with E-state index in [2.05, 4.69) is 20.2 Å². The van der Waals surface area contributed by atoms with Gasteiger partial charge in [0, 0.05) is 6.04 Å². The van der Waals surface area contributed by atoms with Gasteiger partial charge in [0.2, 0.25) is 0 Å². The topological polar surface area (TPSA) is 84.0 Å². The van der Waals surface area contributed by atoms with Crippen LogP contribution in [0.2, 0.25) is 0 Å². The highest BCUT2D eigenvalue weighted by atomic mass is 32.2. The smallest absolute Gasteiger partial charge is 0.263 e. The van der Waals surface area contributed by atoms with Crippen molar-refractivity contribution in [2.45, 2.75) is 50.5 Å². The van der Waals surface area contributed by atoms with E-state index >= 15 is 0 Å². The summed E-state index contributed by atoms with van der Waals surface area (Å²) in [6.45, 7) is 3.71. The van der Waals surface area contributed by atoms with Gasteiger partial charge in [0.1, 0.15) is 5.82 Å². The molecule has 0 bridgehead atoms. The minimum Gasteiger partial charge on any atom is -0.366 e. The van der Waals surface area contributed by atoms with E-state index in [4.69, 9.17) is 0 Å². The van der Waals surface area contributed by atoms with Gasteiger partial charge in [-0.25, -0.2) is 8.42 Å². The highest BCUT2D eigenvalue weighted by molar-refractivity contribution is 7.92. The molecule has 0 spiro atoms. The third kappa shape index (κ3) is 3.84. The first-order chi connectivity index (χ1) is 11.4. The molecule has 3 rings (SSSR count). The number of sulfonamides is 1. The van der Waals surface area contributed by atoms with Crippen LogP contribution in [0.1, 0.15) is 36.8 Å². The minimum atomic E-state index is -3.67. The molecule has 1 aromatic heterocycles. The van der Waals surface area contributed by atoms with E-state index in [0.717, 1.165) is 18.4 Å². The van der Waals surface area contributed by atoms with Crippen LogP contribution in [0.3, 0.4) is 0 Å². The van der Waals surface area contributed by atoms with Crippen LogP contribution in [0.25, 0.3) is 0 Å². The van der Waals surface area contributed by atoms with Gasteiger partial charge >= 0.3 is 0 Å². The van der Waals surface area contributed by atoms with Crippen LogP contribution < -0.4 is 10.0 Å². The Balaban J connectivity index is 1.72. The molecule has 1 aliphatic carbocycles. The molecule has 1 aliphatic rings. The number of aromatic nitrogens is 2. The number of benzene rings is 1. The maximum absolute atomic E-state index is 12.5. The standard InChI is InChI=1S/C17H22N4O2S/c1-12-7-8-15(13(2)11-12)24(22,23)21-17-10-9-16(19-20-17)18-14-5-3-4-6-14/h7-11,14H,3-6H2,1-2H3,(H,18,19)(H,20,21). The highest BCUT2D eigenvalue weighted by Crippen LogP contribution is 2.22. The molecule has 0 saturated heterocycles. The number of hydrogen-bond acceptors (Lipinski definition) is 5. The molecule has 0 atom stereocenters. The normalized spacial score (nSPS) is 15.4. The second-order valence-corrected chi connectivity index (χ2v) is 7.95. The Bertz CT molecular complexity index is 813. The largest absolute Gasteiger partial charge is 0.366 e. The van der Waals surface area contributed by atoms with Gasteiger partial charge in [0.05, 0.1) is 4.90 Å². The lowest BCUT2D eigenvalue weighted by molar-refractivity contribution is 0.600. The molecule has 0 radical (unpaired) electrons. The van der Waals surface area contributed by atoms with Crippen molar-refractivity contribution in [3.05, 3.63) is 41.5 Å². The fourth-order valence-electron chi connectivity index (χ4n) is 3.04. The summed E-state index contributed by atoms with van der Waals surface area (Å²) in [4.78, 5) is 0.253. The maximum Gasteiger partial charge on any atom is 0.263 e. The number of nitrogens with one attached hydrogen (secondary N) is 2. The van der Waals surface area contributed by atoms with Crippen LogP contribution in [0.4, 0.5) is 11.6 Å². The predicted octanol–water partition coefficient (Wildman–Crippen LogP) is 3.25. The van der Waals surface area contributed by atoms with Crippen LogP contribution in [-0.4, -0.2) is 24.7 Å². The van der Waals surface area contributed by atoms with Crippen molar-refractivity contribution >= 4 is 21.7 Å². The van der Waals surface area contributed by atoms with Gasteiger partial charge in [0.15, 0.2) is 5.82 Å². The monoisotopic (exact) mass is 346 g/mol. The molecular weight excluding hydrogens is 324 g/mol. The van der Waals surface area contributed by atoms with E-state index in [-0.39, 0.29) is 10.7 Å². The van der Waals surface area contributed by atoms with Gasteiger partial charge in [-0.1, -0.05) is 30.5 Å². The lowest BCUT2D eigenvalue weighted by Gasteiger charge is -2.13. The van der Waals surface area contributed by atoms with Gasteiger partial charge in [-0.2, -0.15) is 0 Å². The zero-order valence-electron chi connectivity index (χ0n) is 13.9. The van der Waals surface area contributed by atoms with Crippen molar-refractivity contribution in [3.8, 4) is 0 Å². The number of aryl methyl sites for hydroxylation is 2. The van der Waals surface area contributed by atoms with Crippen LogP contribution in [0, 0.1) is 13.8 Å². The van der Waals surface area contributed by atoms with Crippen LogP contribution in [-0.2, 0) is 10.0 Å².